The molecule has 7 nitrogen and oxygen atoms in total. The molecule has 0 amide bonds. The third-order valence-corrected chi connectivity index (χ3v) is 5.42. The van der Waals surface area contributed by atoms with Gasteiger partial charge in [-0.15, -0.1) is 0 Å². The Labute approximate surface area is 153 Å². The molecule has 7 heteroatoms. The van der Waals surface area contributed by atoms with Crippen LogP contribution in [-0.4, -0.2) is 87.9 Å². The lowest BCUT2D eigenvalue weighted by molar-refractivity contribution is -0.137. The number of aliphatic hydroxyl groups is 2. The van der Waals surface area contributed by atoms with Crippen LogP contribution < -0.4 is 0 Å². The minimum atomic E-state index is -0.786. The van der Waals surface area contributed by atoms with Gasteiger partial charge >= 0.3 is 0 Å². The number of piperazine rings is 1. The third-order valence-electron chi connectivity index (χ3n) is 5.42. The van der Waals surface area contributed by atoms with Gasteiger partial charge in [0.2, 0.25) is 0 Å². The summed E-state index contributed by atoms with van der Waals surface area (Å²) in [7, 11) is 0. The third kappa shape index (κ3) is 3.67. The predicted molar refractivity (Wildman–Crippen MR) is 97.5 cm³/mol. The number of hydrogen-bond acceptors (Lipinski definition) is 6. The molecule has 0 spiro atoms. The molecule has 0 unspecified atom stereocenters. The summed E-state index contributed by atoms with van der Waals surface area (Å²) in [6, 6.07) is 10.1. The molecule has 0 bridgehead atoms. The second-order valence-electron chi connectivity index (χ2n) is 7.11. The fraction of sp³-hybridized carbons (Fsp3) is 0.526. The molecule has 4 rings (SSSR count). The maximum absolute atomic E-state index is 10.2. The summed E-state index contributed by atoms with van der Waals surface area (Å²) in [6.45, 7) is 5.10. The van der Waals surface area contributed by atoms with Crippen molar-refractivity contribution >= 4 is 0 Å². The Bertz CT molecular complexity index is 700. The topological polar surface area (TPSA) is 84.8 Å². The number of nitrogens with zero attached hydrogens (tertiary/aromatic N) is 3. The molecule has 2 saturated heterocycles. The number of aliphatic hydroxyl groups excluding tert-OH is 2. The van der Waals surface area contributed by atoms with Crippen molar-refractivity contribution in [1.82, 2.24) is 20.0 Å². The lowest BCUT2D eigenvalue weighted by Gasteiger charge is -2.43. The van der Waals surface area contributed by atoms with E-state index < -0.39 is 12.2 Å². The van der Waals surface area contributed by atoms with Gasteiger partial charge in [0.1, 0.15) is 6.10 Å². The van der Waals surface area contributed by atoms with Crippen molar-refractivity contribution in [2.75, 3.05) is 39.4 Å². The van der Waals surface area contributed by atoms with Crippen LogP contribution in [0.25, 0.3) is 11.3 Å². The summed E-state index contributed by atoms with van der Waals surface area (Å²) in [4.78, 5) is 4.64. The van der Waals surface area contributed by atoms with E-state index in [1.165, 1.54) is 5.56 Å². The van der Waals surface area contributed by atoms with Gasteiger partial charge in [0.15, 0.2) is 0 Å². The first-order valence-corrected chi connectivity index (χ1v) is 9.20. The fourth-order valence-corrected chi connectivity index (χ4v) is 3.86. The summed E-state index contributed by atoms with van der Waals surface area (Å²) in [5.41, 5.74) is 3.42. The number of aromatic amines is 1. The Morgan fingerprint density at radius 3 is 2.62 bits per heavy atom. The maximum atomic E-state index is 10.2. The number of hydrogen-bond donors (Lipinski definition) is 3. The van der Waals surface area contributed by atoms with E-state index in [1.54, 1.807) is 0 Å². The number of nitrogens with one attached hydrogen (secondary N) is 1. The number of ether oxygens (including phenoxy) is 1. The lowest BCUT2D eigenvalue weighted by Crippen LogP contribution is -2.60. The van der Waals surface area contributed by atoms with Gasteiger partial charge < -0.3 is 14.9 Å². The van der Waals surface area contributed by atoms with Gasteiger partial charge in [-0.3, -0.25) is 14.9 Å². The first-order chi connectivity index (χ1) is 12.7. The number of H-pyrrole nitrogens is 1. The van der Waals surface area contributed by atoms with Gasteiger partial charge in [-0.05, 0) is 5.56 Å². The SMILES string of the molecule is O[C@@H]1[C@H](O)COC[C@H]1N1CCN(Cc2cn[nH]c2-c2ccccc2)CC1. The fourth-order valence-electron chi connectivity index (χ4n) is 3.86. The highest BCUT2D eigenvalue weighted by atomic mass is 16.5. The normalized spacial score (nSPS) is 28.3. The Hall–Kier alpha value is -1.77. The number of rotatable bonds is 4. The number of benzene rings is 1. The van der Waals surface area contributed by atoms with Crippen LogP contribution in [0.3, 0.4) is 0 Å². The van der Waals surface area contributed by atoms with E-state index in [9.17, 15) is 10.2 Å². The monoisotopic (exact) mass is 358 g/mol. The highest BCUT2D eigenvalue weighted by molar-refractivity contribution is 5.62. The first kappa shape index (κ1) is 17.6. The van der Waals surface area contributed by atoms with E-state index in [2.05, 4.69) is 32.1 Å². The van der Waals surface area contributed by atoms with E-state index in [0.717, 1.165) is 44.0 Å². The summed E-state index contributed by atoms with van der Waals surface area (Å²) in [5, 5.41) is 27.4. The van der Waals surface area contributed by atoms with Gasteiger partial charge in [0.05, 0.1) is 37.3 Å². The van der Waals surface area contributed by atoms with Crippen molar-refractivity contribution in [3.05, 3.63) is 42.1 Å². The second-order valence-corrected chi connectivity index (χ2v) is 7.11. The molecule has 2 aliphatic rings. The molecule has 3 N–H and O–H groups in total. The first-order valence-electron chi connectivity index (χ1n) is 9.20. The molecule has 3 atom stereocenters. The van der Waals surface area contributed by atoms with Crippen molar-refractivity contribution in [2.24, 2.45) is 0 Å². The summed E-state index contributed by atoms with van der Waals surface area (Å²) >= 11 is 0. The van der Waals surface area contributed by atoms with Crippen molar-refractivity contribution < 1.29 is 14.9 Å². The molecule has 0 saturated carbocycles. The quantitative estimate of drug-likeness (QED) is 0.730. The van der Waals surface area contributed by atoms with Gasteiger partial charge in [-0.25, -0.2) is 0 Å². The number of aromatic nitrogens is 2. The van der Waals surface area contributed by atoms with Crippen LogP contribution in [0.15, 0.2) is 36.5 Å². The van der Waals surface area contributed by atoms with Crippen molar-refractivity contribution in [1.29, 1.82) is 0 Å². The van der Waals surface area contributed by atoms with Crippen LogP contribution in [0.1, 0.15) is 5.56 Å². The minimum Gasteiger partial charge on any atom is -0.389 e. The molecule has 2 aromatic rings. The molecule has 0 aliphatic carbocycles. The molecule has 0 radical (unpaired) electrons. The van der Waals surface area contributed by atoms with Crippen LogP contribution in [-0.2, 0) is 11.3 Å². The van der Waals surface area contributed by atoms with Gasteiger partial charge in [0, 0.05) is 38.3 Å². The van der Waals surface area contributed by atoms with Crippen LogP contribution in [0.5, 0.6) is 0 Å². The summed E-state index contributed by atoms with van der Waals surface area (Å²) in [5.74, 6) is 0. The van der Waals surface area contributed by atoms with Crippen LogP contribution in [0.4, 0.5) is 0 Å². The molecule has 1 aromatic heterocycles. The zero-order chi connectivity index (χ0) is 17.9. The average Bonchev–Trinajstić information content (AvgIpc) is 3.14. The standard InChI is InChI=1S/C19H26N4O3/c24-17-13-26-12-16(19(17)25)23-8-6-22(7-9-23)11-15-10-20-21-18(15)14-4-2-1-3-5-14/h1-5,10,16-17,19,24-25H,6-9,11-13H2,(H,20,21)/t16-,17-,19+/m1/s1. The van der Waals surface area contributed by atoms with E-state index in [1.807, 2.05) is 24.4 Å². The van der Waals surface area contributed by atoms with Gasteiger partial charge in [-0.2, -0.15) is 5.10 Å². The molecule has 3 heterocycles. The average molecular weight is 358 g/mol. The highest BCUT2D eigenvalue weighted by Crippen LogP contribution is 2.23. The van der Waals surface area contributed by atoms with Crippen LogP contribution in [0, 0.1) is 0 Å². The van der Waals surface area contributed by atoms with E-state index in [0.29, 0.717) is 6.61 Å². The predicted octanol–water partition coefficient (Wildman–Crippen LogP) is 0.315. The van der Waals surface area contributed by atoms with E-state index in [4.69, 9.17) is 4.74 Å². The van der Waals surface area contributed by atoms with Gasteiger partial charge in [0.25, 0.3) is 0 Å². The van der Waals surface area contributed by atoms with Crippen LogP contribution >= 0.6 is 0 Å². The van der Waals surface area contributed by atoms with E-state index >= 15 is 0 Å². The molecular weight excluding hydrogens is 332 g/mol. The highest BCUT2D eigenvalue weighted by Gasteiger charge is 2.36. The molecule has 140 valence electrons. The molecule has 2 fully saturated rings. The Balaban J connectivity index is 1.36. The Morgan fingerprint density at radius 1 is 1.08 bits per heavy atom. The largest absolute Gasteiger partial charge is 0.389 e. The zero-order valence-electron chi connectivity index (χ0n) is 14.8. The van der Waals surface area contributed by atoms with Gasteiger partial charge in [-0.1, -0.05) is 30.3 Å². The smallest absolute Gasteiger partial charge is 0.105 e. The minimum absolute atomic E-state index is 0.116. The molecule has 2 aliphatic heterocycles. The van der Waals surface area contributed by atoms with Crippen molar-refractivity contribution in [3.63, 3.8) is 0 Å². The van der Waals surface area contributed by atoms with Crippen molar-refractivity contribution in [2.45, 2.75) is 24.8 Å². The zero-order valence-corrected chi connectivity index (χ0v) is 14.8. The van der Waals surface area contributed by atoms with Crippen molar-refractivity contribution in [3.8, 4) is 11.3 Å². The van der Waals surface area contributed by atoms with E-state index in [-0.39, 0.29) is 12.6 Å². The molecular formula is C19H26N4O3. The Morgan fingerprint density at radius 2 is 1.85 bits per heavy atom. The molecule has 26 heavy (non-hydrogen) atoms. The molecule has 1 aromatic carbocycles. The van der Waals surface area contributed by atoms with Crippen LogP contribution in [0.2, 0.25) is 0 Å². The lowest BCUT2D eigenvalue weighted by atomic mass is 10.0. The summed E-state index contributed by atoms with van der Waals surface area (Å²) < 4.78 is 5.42. The summed E-state index contributed by atoms with van der Waals surface area (Å²) in [6.07, 6.45) is 0.393. The Kier molecular flexibility index (Phi) is 5.33. The second kappa shape index (κ2) is 7.85. The maximum Gasteiger partial charge on any atom is 0.105 e.